The van der Waals surface area contributed by atoms with Crippen molar-refractivity contribution in [1.29, 1.82) is 0 Å². The van der Waals surface area contributed by atoms with Crippen LogP contribution in [-0.4, -0.2) is 11.2 Å². The summed E-state index contributed by atoms with van der Waals surface area (Å²) in [6.07, 6.45) is 4.19. The van der Waals surface area contributed by atoms with Crippen LogP contribution in [0.2, 0.25) is 0 Å². The van der Waals surface area contributed by atoms with E-state index in [0.29, 0.717) is 0 Å². The van der Waals surface area contributed by atoms with Crippen LogP contribution in [-0.2, 0) is 6.42 Å². The quantitative estimate of drug-likeness (QED) is 0.589. The fourth-order valence-corrected chi connectivity index (χ4v) is 1.70. The van der Waals surface area contributed by atoms with E-state index in [4.69, 9.17) is 0 Å². The molecule has 1 unspecified atom stereocenters. The number of allylic oxidation sites excluding steroid dienone is 2. The van der Waals surface area contributed by atoms with Gasteiger partial charge in [0.1, 0.15) is 0 Å². The summed E-state index contributed by atoms with van der Waals surface area (Å²) >= 11 is 0. The van der Waals surface area contributed by atoms with Crippen LogP contribution in [0, 0.1) is 0 Å². The van der Waals surface area contributed by atoms with Crippen LogP contribution in [0.3, 0.4) is 0 Å². The van der Waals surface area contributed by atoms with Crippen molar-refractivity contribution < 1.29 is 5.11 Å². The molecule has 0 saturated carbocycles. The van der Waals surface area contributed by atoms with E-state index < -0.39 is 0 Å². The van der Waals surface area contributed by atoms with E-state index in [2.05, 4.69) is 30.5 Å². The summed E-state index contributed by atoms with van der Waals surface area (Å²) in [4.78, 5) is 0. The minimum atomic E-state index is -0.358. The van der Waals surface area contributed by atoms with Crippen molar-refractivity contribution in [2.75, 3.05) is 0 Å². The Labute approximate surface area is 110 Å². The van der Waals surface area contributed by atoms with E-state index in [0.717, 1.165) is 30.4 Å². The maximum Gasteiger partial charge on any atom is 0.0750 e. The zero-order valence-corrected chi connectivity index (χ0v) is 11.3. The molecule has 96 valence electrons. The first-order chi connectivity index (χ1) is 8.63. The molecule has 0 heterocycles. The summed E-state index contributed by atoms with van der Waals surface area (Å²) in [5.41, 5.74) is 6.26. The normalized spacial score (nSPS) is 12.9. The largest absolute Gasteiger partial charge is 0.389 e. The average Bonchev–Trinajstić information content (AvgIpc) is 2.42. The number of hydrogen-bond acceptors (Lipinski definition) is 1. The van der Waals surface area contributed by atoms with Gasteiger partial charge < -0.3 is 5.11 Å². The van der Waals surface area contributed by atoms with Gasteiger partial charge in [0.05, 0.1) is 6.10 Å². The Hall–Kier alpha value is -1.56. The van der Waals surface area contributed by atoms with Crippen LogP contribution in [0.25, 0.3) is 0 Å². The van der Waals surface area contributed by atoms with E-state index in [1.807, 2.05) is 32.0 Å². The van der Waals surface area contributed by atoms with Crippen LogP contribution < -0.4 is 0 Å². The molecule has 1 aromatic carbocycles. The van der Waals surface area contributed by atoms with Crippen molar-refractivity contribution >= 4 is 0 Å². The van der Waals surface area contributed by atoms with Gasteiger partial charge in [0.25, 0.3) is 0 Å². The average molecular weight is 242 g/mol. The fourth-order valence-electron chi connectivity index (χ4n) is 1.70. The number of rotatable bonds is 6. The summed E-state index contributed by atoms with van der Waals surface area (Å²) in [6.45, 7) is 7.58. The molecule has 0 spiro atoms. The van der Waals surface area contributed by atoms with Gasteiger partial charge in [-0.15, -0.1) is 5.73 Å². The fraction of sp³-hybridized carbons (Fsp3) is 0.353. The van der Waals surface area contributed by atoms with Crippen LogP contribution in [0.5, 0.6) is 0 Å². The number of aliphatic hydroxyl groups excluding tert-OH is 1. The van der Waals surface area contributed by atoms with Crippen molar-refractivity contribution in [3.05, 3.63) is 65.4 Å². The van der Waals surface area contributed by atoms with Crippen molar-refractivity contribution in [2.45, 2.75) is 39.2 Å². The highest BCUT2D eigenvalue weighted by molar-refractivity contribution is 5.16. The van der Waals surface area contributed by atoms with Crippen molar-refractivity contribution in [1.82, 2.24) is 0 Å². The molecule has 1 nitrogen and oxygen atoms in total. The molecule has 0 saturated heterocycles. The third-order valence-electron chi connectivity index (χ3n) is 3.11. The molecule has 1 heteroatoms. The smallest absolute Gasteiger partial charge is 0.0750 e. The maximum absolute atomic E-state index is 10.1. The molecule has 0 radical (unpaired) electrons. The topological polar surface area (TPSA) is 20.2 Å². The lowest BCUT2D eigenvalue weighted by molar-refractivity contribution is 0.200. The van der Waals surface area contributed by atoms with E-state index in [1.54, 1.807) is 0 Å². The predicted molar refractivity (Wildman–Crippen MR) is 77.5 cm³/mol. The Morgan fingerprint density at radius 2 is 2.00 bits per heavy atom. The number of aliphatic hydroxyl groups is 1. The van der Waals surface area contributed by atoms with E-state index in [-0.39, 0.29) is 6.10 Å². The lowest BCUT2D eigenvalue weighted by atomic mass is 10.0. The molecule has 1 aromatic rings. The summed E-state index contributed by atoms with van der Waals surface area (Å²) < 4.78 is 0. The molecule has 0 aliphatic carbocycles. The van der Waals surface area contributed by atoms with E-state index >= 15 is 0 Å². The lowest BCUT2D eigenvalue weighted by Gasteiger charge is -2.11. The molecular formula is C17H22O. The van der Waals surface area contributed by atoms with E-state index in [9.17, 15) is 5.11 Å². The Morgan fingerprint density at radius 1 is 1.33 bits per heavy atom. The molecule has 0 fully saturated rings. The second-order valence-corrected chi connectivity index (χ2v) is 4.65. The minimum absolute atomic E-state index is 0.358. The van der Waals surface area contributed by atoms with Gasteiger partial charge in [-0.1, -0.05) is 43.0 Å². The number of aryl methyl sites for hydroxylation is 1. The van der Waals surface area contributed by atoms with Crippen molar-refractivity contribution in [3.8, 4) is 0 Å². The van der Waals surface area contributed by atoms with Gasteiger partial charge in [-0.25, -0.2) is 0 Å². The van der Waals surface area contributed by atoms with Crippen molar-refractivity contribution in [2.24, 2.45) is 0 Å². The standard InChI is InChI=1S/C17H22O/c1-4-14(2)10-11-15(3)17(18)13-12-16-8-6-5-7-9-16/h5-9,11,17-18H,1,10,12-13H2,2-3H3/b15-11+. The summed E-state index contributed by atoms with van der Waals surface area (Å²) in [6, 6.07) is 10.3. The third-order valence-corrected chi connectivity index (χ3v) is 3.11. The Kier molecular flexibility index (Phi) is 6.21. The monoisotopic (exact) mass is 242 g/mol. The first-order valence-corrected chi connectivity index (χ1v) is 6.37. The lowest BCUT2D eigenvalue weighted by Crippen LogP contribution is -2.09. The van der Waals surface area contributed by atoms with Gasteiger partial charge in [-0.05, 0) is 49.8 Å². The number of benzene rings is 1. The van der Waals surface area contributed by atoms with Crippen LogP contribution >= 0.6 is 0 Å². The zero-order chi connectivity index (χ0) is 13.4. The van der Waals surface area contributed by atoms with Crippen LogP contribution in [0.15, 0.2) is 59.9 Å². The number of hydrogen-bond donors (Lipinski definition) is 1. The maximum atomic E-state index is 10.1. The van der Waals surface area contributed by atoms with E-state index in [1.165, 1.54) is 5.56 Å². The summed E-state index contributed by atoms with van der Waals surface area (Å²) in [5.74, 6) is 0. The highest BCUT2D eigenvalue weighted by Crippen LogP contribution is 2.12. The Bertz CT molecular complexity index is 436. The third kappa shape index (κ3) is 5.18. The molecule has 1 rings (SSSR count). The molecular weight excluding hydrogens is 220 g/mol. The van der Waals surface area contributed by atoms with Crippen molar-refractivity contribution in [3.63, 3.8) is 0 Å². The minimum Gasteiger partial charge on any atom is -0.389 e. The molecule has 1 N–H and O–H groups in total. The first-order valence-electron chi connectivity index (χ1n) is 6.37. The second-order valence-electron chi connectivity index (χ2n) is 4.65. The van der Waals surface area contributed by atoms with Gasteiger partial charge in [0.15, 0.2) is 0 Å². The van der Waals surface area contributed by atoms with Crippen LogP contribution in [0.1, 0.15) is 32.3 Å². The van der Waals surface area contributed by atoms with Gasteiger partial charge in [0.2, 0.25) is 0 Å². The predicted octanol–water partition coefficient (Wildman–Crippen LogP) is 4.05. The Balaban J connectivity index is 2.45. The van der Waals surface area contributed by atoms with Gasteiger partial charge in [-0.2, -0.15) is 0 Å². The van der Waals surface area contributed by atoms with Crippen LogP contribution in [0.4, 0.5) is 0 Å². The van der Waals surface area contributed by atoms with Gasteiger partial charge in [-0.3, -0.25) is 0 Å². The molecule has 18 heavy (non-hydrogen) atoms. The molecule has 0 bridgehead atoms. The highest BCUT2D eigenvalue weighted by atomic mass is 16.3. The summed E-state index contributed by atoms with van der Waals surface area (Å²) in [5, 5.41) is 10.1. The van der Waals surface area contributed by atoms with Gasteiger partial charge in [0, 0.05) is 0 Å². The van der Waals surface area contributed by atoms with Gasteiger partial charge >= 0.3 is 0 Å². The second kappa shape index (κ2) is 7.71. The first kappa shape index (κ1) is 14.5. The Morgan fingerprint density at radius 3 is 2.61 bits per heavy atom. The SMILES string of the molecule is C=C=C(C)C/C=C(\C)C(O)CCc1ccccc1. The molecule has 0 aliphatic rings. The zero-order valence-electron chi connectivity index (χ0n) is 11.3. The molecule has 1 atom stereocenters. The molecule has 0 aliphatic heterocycles. The summed E-state index contributed by atoms with van der Waals surface area (Å²) in [7, 11) is 0. The molecule has 0 amide bonds. The highest BCUT2D eigenvalue weighted by Gasteiger charge is 2.06. The molecule has 0 aromatic heterocycles.